The second-order valence-corrected chi connectivity index (χ2v) is 5.73. The summed E-state index contributed by atoms with van der Waals surface area (Å²) in [4.78, 5) is 0. The first-order valence-electron chi connectivity index (χ1n) is 6.25. The summed E-state index contributed by atoms with van der Waals surface area (Å²) in [5.41, 5.74) is 6.83. The van der Waals surface area contributed by atoms with Gasteiger partial charge in [0.25, 0.3) is 0 Å². The maximum Gasteiger partial charge on any atom is 0.127 e. The number of benzene rings is 1. The molecule has 0 aliphatic heterocycles. The predicted octanol–water partition coefficient (Wildman–Crippen LogP) is 3.93. The second kappa shape index (κ2) is 4.95. The van der Waals surface area contributed by atoms with E-state index in [9.17, 15) is 4.39 Å². The molecule has 0 saturated heterocycles. The van der Waals surface area contributed by atoms with Crippen LogP contribution >= 0.6 is 11.6 Å². The first kappa shape index (κ1) is 12.8. The third-order valence-electron chi connectivity index (χ3n) is 3.88. The second-order valence-electron chi connectivity index (χ2n) is 5.29. The highest BCUT2D eigenvalue weighted by Crippen LogP contribution is 2.37. The molecular formula is C14H19ClFN. The van der Waals surface area contributed by atoms with E-state index in [2.05, 4.69) is 6.92 Å². The van der Waals surface area contributed by atoms with Gasteiger partial charge in [-0.15, -0.1) is 0 Å². The van der Waals surface area contributed by atoms with Gasteiger partial charge in [-0.3, -0.25) is 0 Å². The van der Waals surface area contributed by atoms with Crippen molar-refractivity contribution in [2.45, 2.75) is 44.6 Å². The summed E-state index contributed by atoms with van der Waals surface area (Å²) in [6.45, 7) is 2.19. The monoisotopic (exact) mass is 255 g/mol. The molecule has 1 saturated carbocycles. The summed E-state index contributed by atoms with van der Waals surface area (Å²) in [7, 11) is 0. The number of rotatable bonds is 3. The molecule has 2 N–H and O–H groups in total. The van der Waals surface area contributed by atoms with Crippen LogP contribution in [0.1, 0.15) is 38.2 Å². The van der Waals surface area contributed by atoms with Crippen molar-refractivity contribution in [2.75, 3.05) is 0 Å². The standard InChI is InChI=1S/C14H19ClFN/c1-2-10-5-6-14(17,8-10)9-11-3-4-12(15)7-13(11)16/h3-4,7,10H,2,5-6,8-9,17H2,1H3. The lowest BCUT2D eigenvalue weighted by atomic mass is 9.88. The Balaban J connectivity index is 2.10. The molecule has 3 heteroatoms. The van der Waals surface area contributed by atoms with Crippen molar-refractivity contribution in [1.29, 1.82) is 0 Å². The summed E-state index contributed by atoms with van der Waals surface area (Å²) in [6, 6.07) is 4.85. The highest BCUT2D eigenvalue weighted by molar-refractivity contribution is 6.30. The average Bonchev–Trinajstić information content (AvgIpc) is 2.65. The normalized spacial score (nSPS) is 28.6. The Morgan fingerprint density at radius 1 is 1.53 bits per heavy atom. The highest BCUT2D eigenvalue weighted by atomic mass is 35.5. The molecule has 1 fully saturated rings. The van der Waals surface area contributed by atoms with Crippen molar-refractivity contribution >= 4 is 11.6 Å². The maximum absolute atomic E-state index is 13.7. The Labute approximate surface area is 107 Å². The molecule has 2 rings (SSSR count). The molecule has 1 aliphatic rings. The largest absolute Gasteiger partial charge is 0.325 e. The van der Waals surface area contributed by atoms with Gasteiger partial charge in [-0.05, 0) is 49.3 Å². The Hall–Kier alpha value is -0.600. The molecule has 1 nitrogen and oxygen atoms in total. The van der Waals surface area contributed by atoms with Gasteiger partial charge in [0.1, 0.15) is 5.82 Å². The minimum atomic E-state index is -0.234. The smallest absolute Gasteiger partial charge is 0.127 e. The molecule has 1 aromatic carbocycles. The molecule has 0 amide bonds. The van der Waals surface area contributed by atoms with Gasteiger partial charge in [-0.1, -0.05) is 31.0 Å². The zero-order valence-corrected chi connectivity index (χ0v) is 10.9. The lowest BCUT2D eigenvalue weighted by Crippen LogP contribution is -2.39. The van der Waals surface area contributed by atoms with Crippen LogP contribution in [0.25, 0.3) is 0 Å². The van der Waals surface area contributed by atoms with Crippen molar-refractivity contribution in [1.82, 2.24) is 0 Å². The number of hydrogen-bond donors (Lipinski definition) is 1. The van der Waals surface area contributed by atoms with Crippen molar-refractivity contribution < 1.29 is 4.39 Å². The lowest BCUT2D eigenvalue weighted by Gasteiger charge is -2.24. The SMILES string of the molecule is CCC1CCC(N)(Cc2ccc(Cl)cc2F)C1. The molecule has 0 aromatic heterocycles. The lowest BCUT2D eigenvalue weighted by molar-refractivity contribution is 0.400. The summed E-state index contributed by atoms with van der Waals surface area (Å²) in [5, 5.41) is 0.440. The van der Waals surface area contributed by atoms with Crippen LogP contribution in [0.4, 0.5) is 4.39 Å². The first-order chi connectivity index (χ1) is 8.02. The van der Waals surface area contributed by atoms with Crippen molar-refractivity contribution in [3.05, 3.63) is 34.6 Å². The van der Waals surface area contributed by atoms with Crippen LogP contribution in [-0.4, -0.2) is 5.54 Å². The van der Waals surface area contributed by atoms with Crippen LogP contribution in [0.2, 0.25) is 5.02 Å². The number of halogens is 2. The Kier molecular flexibility index (Phi) is 3.74. The van der Waals surface area contributed by atoms with Gasteiger partial charge in [-0.2, -0.15) is 0 Å². The van der Waals surface area contributed by atoms with Gasteiger partial charge < -0.3 is 5.73 Å². The van der Waals surface area contributed by atoms with E-state index in [0.29, 0.717) is 22.9 Å². The predicted molar refractivity (Wildman–Crippen MR) is 69.7 cm³/mol. The zero-order chi connectivity index (χ0) is 12.5. The van der Waals surface area contributed by atoms with Crippen LogP contribution in [0.3, 0.4) is 0 Å². The number of nitrogens with two attached hydrogens (primary N) is 1. The summed E-state index contributed by atoms with van der Waals surface area (Å²) >= 11 is 5.74. The summed E-state index contributed by atoms with van der Waals surface area (Å²) in [5.74, 6) is 0.470. The molecule has 94 valence electrons. The first-order valence-corrected chi connectivity index (χ1v) is 6.63. The van der Waals surface area contributed by atoms with Gasteiger partial charge in [0.05, 0.1) is 0 Å². The summed E-state index contributed by atoms with van der Waals surface area (Å²) < 4.78 is 13.7. The molecule has 1 aromatic rings. The molecular weight excluding hydrogens is 237 g/mol. The van der Waals surface area contributed by atoms with Gasteiger partial charge in [-0.25, -0.2) is 4.39 Å². The fraction of sp³-hybridized carbons (Fsp3) is 0.571. The van der Waals surface area contributed by atoms with Crippen LogP contribution < -0.4 is 5.73 Å². The van der Waals surface area contributed by atoms with Crippen molar-refractivity contribution in [3.63, 3.8) is 0 Å². The maximum atomic E-state index is 13.7. The van der Waals surface area contributed by atoms with E-state index in [1.54, 1.807) is 12.1 Å². The van der Waals surface area contributed by atoms with Crippen molar-refractivity contribution in [2.24, 2.45) is 11.7 Å². The van der Waals surface area contributed by atoms with Gasteiger partial charge >= 0.3 is 0 Å². The van der Waals surface area contributed by atoms with E-state index in [1.165, 1.54) is 18.9 Å². The summed E-state index contributed by atoms with van der Waals surface area (Å²) in [6.07, 6.45) is 4.95. The molecule has 1 aliphatic carbocycles. The third kappa shape index (κ3) is 2.99. The van der Waals surface area contributed by atoms with E-state index in [1.807, 2.05) is 0 Å². The molecule has 0 bridgehead atoms. The van der Waals surface area contributed by atoms with Gasteiger partial charge in [0, 0.05) is 10.6 Å². The van der Waals surface area contributed by atoms with Crippen LogP contribution in [-0.2, 0) is 6.42 Å². The Morgan fingerprint density at radius 2 is 2.29 bits per heavy atom. The minimum Gasteiger partial charge on any atom is -0.325 e. The molecule has 17 heavy (non-hydrogen) atoms. The molecule has 0 spiro atoms. The molecule has 2 unspecified atom stereocenters. The fourth-order valence-corrected chi connectivity index (χ4v) is 2.98. The van der Waals surface area contributed by atoms with E-state index in [-0.39, 0.29) is 11.4 Å². The van der Waals surface area contributed by atoms with Crippen LogP contribution in [0, 0.1) is 11.7 Å². The van der Waals surface area contributed by atoms with Crippen LogP contribution in [0.15, 0.2) is 18.2 Å². The Morgan fingerprint density at radius 3 is 2.88 bits per heavy atom. The van der Waals surface area contributed by atoms with E-state index in [4.69, 9.17) is 17.3 Å². The fourth-order valence-electron chi connectivity index (χ4n) is 2.82. The third-order valence-corrected chi connectivity index (χ3v) is 4.12. The highest BCUT2D eigenvalue weighted by Gasteiger charge is 2.35. The Bertz CT molecular complexity index is 407. The quantitative estimate of drug-likeness (QED) is 0.870. The molecule has 2 atom stereocenters. The molecule has 0 heterocycles. The minimum absolute atomic E-state index is 0.227. The van der Waals surface area contributed by atoms with E-state index >= 15 is 0 Å². The van der Waals surface area contributed by atoms with Gasteiger partial charge in [0.15, 0.2) is 0 Å². The van der Waals surface area contributed by atoms with Gasteiger partial charge in [0.2, 0.25) is 0 Å². The number of hydrogen-bond acceptors (Lipinski definition) is 1. The average molecular weight is 256 g/mol. The zero-order valence-electron chi connectivity index (χ0n) is 10.2. The topological polar surface area (TPSA) is 26.0 Å². The van der Waals surface area contributed by atoms with E-state index < -0.39 is 0 Å². The van der Waals surface area contributed by atoms with Crippen LogP contribution in [0.5, 0.6) is 0 Å². The molecule has 0 radical (unpaired) electrons. The van der Waals surface area contributed by atoms with Crippen molar-refractivity contribution in [3.8, 4) is 0 Å². The van der Waals surface area contributed by atoms with E-state index in [0.717, 1.165) is 12.8 Å².